The maximum absolute atomic E-state index is 13.1. The van der Waals surface area contributed by atoms with Crippen molar-refractivity contribution in [3.05, 3.63) is 78.5 Å². The number of hydrogen-bond acceptors (Lipinski definition) is 4. The second-order valence-electron chi connectivity index (χ2n) is 6.39. The molecule has 0 atom stereocenters. The van der Waals surface area contributed by atoms with Gasteiger partial charge in [0.15, 0.2) is 5.03 Å². The Morgan fingerprint density at radius 1 is 0.889 bits per heavy atom. The van der Waals surface area contributed by atoms with Gasteiger partial charge >= 0.3 is 0 Å². The summed E-state index contributed by atoms with van der Waals surface area (Å²) in [6.45, 7) is 4.00. The molecule has 0 amide bonds. The molecule has 0 aliphatic carbocycles. The second-order valence-corrected chi connectivity index (χ2v) is 8.17. The molecule has 0 saturated heterocycles. The van der Waals surface area contributed by atoms with E-state index in [4.69, 9.17) is 0 Å². The highest BCUT2D eigenvalue weighted by Crippen LogP contribution is 2.33. The average molecular weight is 378 g/mol. The molecule has 0 bridgehead atoms. The molecule has 0 saturated carbocycles. The lowest BCUT2D eigenvalue weighted by molar-refractivity contribution is 0.584. The number of H-pyrrole nitrogens is 1. The third-order valence-corrected chi connectivity index (χ3v) is 5.97. The predicted octanol–water partition coefficient (Wildman–Crippen LogP) is 3.79. The standard InChI is InChI=1S/C20H18N4O2S/c1-14-3-7-16(8-4-14)19-20(17-9-5-15(2)6-10-17)24(13-23-19)27(25,26)18-11-21-12-22-18/h3-13H,1-2H3,(H,21,22). The fourth-order valence-electron chi connectivity index (χ4n) is 2.90. The topological polar surface area (TPSA) is 80.6 Å². The van der Waals surface area contributed by atoms with Gasteiger partial charge in [-0.3, -0.25) is 0 Å². The monoisotopic (exact) mass is 378 g/mol. The molecular formula is C20H18N4O2S. The van der Waals surface area contributed by atoms with Gasteiger partial charge in [0.05, 0.1) is 23.9 Å². The van der Waals surface area contributed by atoms with E-state index in [-0.39, 0.29) is 5.03 Å². The minimum atomic E-state index is -3.84. The van der Waals surface area contributed by atoms with Crippen LogP contribution in [-0.2, 0) is 10.0 Å². The number of aromatic amines is 1. The summed E-state index contributed by atoms with van der Waals surface area (Å²) in [5.74, 6) is 0. The molecule has 136 valence electrons. The summed E-state index contributed by atoms with van der Waals surface area (Å²) in [6.07, 6.45) is 3.98. The van der Waals surface area contributed by atoms with Crippen molar-refractivity contribution in [3.63, 3.8) is 0 Å². The summed E-state index contributed by atoms with van der Waals surface area (Å²) in [5.41, 5.74) is 4.99. The molecule has 0 unspecified atom stereocenters. The van der Waals surface area contributed by atoms with Crippen LogP contribution in [0, 0.1) is 13.8 Å². The van der Waals surface area contributed by atoms with Crippen LogP contribution < -0.4 is 0 Å². The Balaban J connectivity index is 1.98. The van der Waals surface area contributed by atoms with Crippen LogP contribution in [0.25, 0.3) is 22.5 Å². The van der Waals surface area contributed by atoms with E-state index in [1.54, 1.807) is 0 Å². The fourth-order valence-corrected chi connectivity index (χ4v) is 4.11. The van der Waals surface area contributed by atoms with Crippen molar-refractivity contribution in [1.82, 2.24) is 18.9 Å². The molecule has 4 rings (SSSR count). The smallest absolute Gasteiger partial charge is 0.286 e. The molecule has 4 aromatic rings. The minimum Gasteiger partial charge on any atom is -0.334 e. The molecular weight excluding hydrogens is 360 g/mol. The third kappa shape index (κ3) is 3.06. The van der Waals surface area contributed by atoms with Gasteiger partial charge in [-0.25, -0.2) is 13.9 Å². The highest BCUT2D eigenvalue weighted by molar-refractivity contribution is 7.90. The summed E-state index contributed by atoms with van der Waals surface area (Å²) in [6, 6.07) is 15.6. The molecule has 0 aliphatic heterocycles. The van der Waals surface area contributed by atoms with Crippen LogP contribution in [0.3, 0.4) is 0 Å². The van der Waals surface area contributed by atoms with Crippen LogP contribution in [0.2, 0.25) is 0 Å². The molecule has 0 aliphatic rings. The Labute approximate surface area is 157 Å². The van der Waals surface area contributed by atoms with E-state index in [1.807, 2.05) is 62.4 Å². The summed E-state index contributed by atoms with van der Waals surface area (Å²) >= 11 is 0. The van der Waals surface area contributed by atoms with E-state index in [0.717, 1.165) is 22.3 Å². The van der Waals surface area contributed by atoms with Crippen LogP contribution in [0.15, 0.2) is 72.4 Å². The van der Waals surface area contributed by atoms with Gasteiger partial charge in [0.2, 0.25) is 0 Å². The van der Waals surface area contributed by atoms with Gasteiger partial charge in [0.1, 0.15) is 6.33 Å². The lowest BCUT2D eigenvalue weighted by atomic mass is 10.0. The second kappa shape index (κ2) is 6.51. The molecule has 6 nitrogen and oxygen atoms in total. The van der Waals surface area contributed by atoms with Crippen molar-refractivity contribution in [2.24, 2.45) is 0 Å². The van der Waals surface area contributed by atoms with Crippen molar-refractivity contribution in [2.45, 2.75) is 18.9 Å². The first kappa shape index (κ1) is 17.2. The Kier molecular flexibility index (Phi) is 4.16. The zero-order valence-electron chi connectivity index (χ0n) is 14.9. The minimum absolute atomic E-state index is 0.0173. The molecule has 0 radical (unpaired) electrons. The van der Waals surface area contributed by atoms with E-state index >= 15 is 0 Å². The molecule has 0 fully saturated rings. The first-order valence-corrected chi connectivity index (χ1v) is 9.86. The Bertz CT molecular complexity index is 1170. The van der Waals surface area contributed by atoms with E-state index in [1.165, 1.54) is 22.8 Å². The van der Waals surface area contributed by atoms with Crippen molar-refractivity contribution in [3.8, 4) is 22.5 Å². The largest absolute Gasteiger partial charge is 0.334 e. The van der Waals surface area contributed by atoms with Gasteiger partial charge in [-0.05, 0) is 13.8 Å². The van der Waals surface area contributed by atoms with Crippen LogP contribution in [-0.4, -0.2) is 27.3 Å². The highest BCUT2D eigenvalue weighted by atomic mass is 32.2. The van der Waals surface area contributed by atoms with Crippen molar-refractivity contribution < 1.29 is 8.42 Å². The number of aryl methyl sites for hydroxylation is 2. The first-order valence-electron chi connectivity index (χ1n) is 8.42. The summed E-state index contributed by atoms with van der Waals surface area (Å²) in [7, 11) is -3.84. The normalized spacial score (nSPS) is 11.6. The maximum Gasteiger partial charge on any atom is 0.286 e. The molecule has 2 aromatic carbocycles. The van der Waals surface area contributed by atoms with E-state index in [0.29, 0.717) is 11.4 Å². The maximum atomic E-state index is 13.1. The van der Waals surface area contributed by atoms with Gasteiger partial charge in [-0.2, -0.15) is 8.42 Å². The lowest BCUT2D eigenvalue weighted by Gasteiger charge is -2.11. The highest BCUT2D eigenvalue weighted by Gasteiger charge is 2.25. The number of benzene rings is 2. The van der Waals surface area contributed by atoms with Gasteiger partial charge in [0, 0.05) is 11.1 Å². The Morgan fingerprint density at radius 2 is 1.48 bits per heavy atom. The predicted molar refractivity (Wildman–Crippen MR) is 104 cm³/mol. The summed E-state index contributed by atoms with van der Waals surface area (Å²) in [5, 5.41) is 0.0173. The number of rotatable bonds is 4. The van der Waals surface area contributed by atoms with Gasteiger partial charge in [-0.1, -0.05) is 59.7 Å². The number of imidazole rings is 2. The van der Waals surface area contributed by atoms with Crippen LogP contribution in [0.1, 0.15) is 11.1 Å². The van der Waals surface area contributed by atoms with Crippen molar-refractivity contribution >= 4 is 10.0 Å². The Hall–Kier alpha value is -3.19. The lowest BCUT2D eigenvalue weighted by Crippen LogP contribution is -2.14. The number of aromatic nitrogens is 4. The van der Waals surface area contributed by atoms with Crippen molar-refractivity contribution in [1.29, 1.82) is 0 Å². The van der Waals surface area contributed by atoms with Gasteiger partial charge in [0.25, 0.3) is 10.0 Å². The van der Waals surface area contributed by atoms with Crippen molar-refractivity contribution in [2.75, 3.05) is 0 Å². The van der Waals surface area contributed by atoms with Gasteiger partial charge in [-0.15, -0.1) is 0 Å². The fraction of sp³-hybridized carbons (Fsp3) is 0.100. The van der Waals surface area contributed by atoms with E-state index in [9.17, 15) is 8.42 Å². The molecule has 1 N–H and O–H groups in total. The molecule has 0 spiro atoms. The summed E-state index contributed by atoms with van der Waals surface area (Å²) in [4.78, 5) is 10.9. The third-order valence-electron chi connectivity index (χ3n) is 4.40. The van der Waals surface area contributed by atoms with E-state index < -0.39 is 10.0 Å². The zero-order chi connectivity index (χ0) is 19.0. The number of hydrogen-bond donors (Lipinski definition) is 1. The van der Waals surface area contributed by atoms with Crippen LogP contribution in [0.4, 0.5) is 0 Å². The zero-order valence-corrected chi connectivity index (χ0v) is 15.7. The average Bonchev–Trinajstić information content (AvgIpc) is 3.34. The molecule has 7 heteroatoms. The quantitative estimate of drug-likeness (QED) is 0.586. The Morgan fingerprint density at radius 3 is 2.04 bits per heavy atom. The van der Waals surface area contributed by atoms with Crippen LogP contribution in [0.5, 0.6) is 0 Å². The first-order chi connectivity index (χ1) is 13.0. The van der Waals surface area contributed by atoms with Crippen LogP contribution >= 0.6 is 0 Å². The number of nitrogens with one attached hydrogen (secondary N) is 1. The van der Waals surface area contributed by atoms with Gasteiger partial charge < -0.3 is 4.98 Å². The molecule has 27 heavy (non-hydrogen) atoms. The number of nitrogens with zero attached hydrogens (tertiary/aromatic N) is 3. The molecule has 2 aromatic heterocycles. The summed E-state index contributed by atoms with van der Waals surface area (Å²) < 4.78 is 27.4. The molecule has 2 heterocycles. The van der Waals surface area contributed by atoms with E-state index in [2.05, 4.69) is 15.0 Å². The SMILES string of the molecule is Cc1ccc(-c2ncn(S(=O)(=O)c3cnc[nH]3)c2-c2ccc(C)cc2)cc1.